The molecular weight excluding hydrogens is 168 g/mol. The summed E-state index contributed by atoms with van der Waals surface area (Å²) >= 11 is 2.00. The minimum Gasteiger partial charge on any atom is -0.387 e. The molecule has 1 unspecified atom stereocenters. The summed E-state index contributed by atoms with van der Waals surface area (Å²) in [5.41, 5.74) is 5.39. The van der Waals surface area contributed by atoms with Gasteiger partial charge in [0, 0.05) is 16.9 Å². The quantitative estimate of drug-likeness (QED) is 0.522. The van der Waals surface area contributed by atoms with Gasteiger partial charge in [0.15, 0.2) is 0 Å². The maximum atomic E-state index is 7.24. The first-order valence-corrected chi connectivity index (χ1v) is 5.70. The second-order valence-corrected chi connectivity index (χ2v) is 4.93. The molecule has 0 aromatic rings. The molecule has 3 heteroatoms. The Balaban J connectivity index is 2.11. The minimum atomic E-state index is 0.260. The van der Waals surface area contributed by atoms with Crippen LogP contribution < -0.4 is 5.73 Å². The van der Waals surface area contributed by atoms with Gasteiger partial charge in [0.05, 0.1) is 5.84 Å². The lowest BCUT2D eigenvalue weighted by atomic mass is 10.2. The average Bonchev–Trinajstić information content (AvgIpc) is 2.51. The second-order valence-electron chi connectivity index (χ2n) is 3.60. The third kappa shape index (κ3) is 3.05. The molecule has 1 fully saturated rings. The lowest BCUT2D eigenvalue weighted by Crippen LogP contribution is -2.22. The first kappa shape index (κ1) is 9.90. The lowest BCUT2D eigenvalue weighted by Gasteiger charge is -2.12. The lowest BCUT2D eigenvalue weighted by molar-refractivity contribution is 0.857. The SMILES string of the molecule is CC(CSC1CCCC1)C(=N)N. The Morgan fingerprint density at radius 2 is 2.17 bits per heavy atom. The Labute approximate surface area is 78.8 Å². The van der Waals surface area contributed by atoms with Crippen LogP contribution in [0.3, 0.4) is 0 Å². The van der Waals surface area contributed by atoms with Crippen LogP contribution in [-0.2, 0) is 0 Å². The van der Waals surface area contributed by atoms with Gasteiger partial charge in [0.1, 0.15) is 0 Å². The highest BCUT2D eigenvalue weighted by Gasteiger charge is 2.16. The van der Waals surface area contributed by atoms with Crippen LogP contribution in [-0.4, -0.2) is 16.8 Å². The molecule has 0 saturated heterocycles. The highest BCUT2D eigenvalue weighted by Crippen LogP contribution is 2.30. The van der Waals surface area contributed by atoms with Crippen molar-refractivity contribution in [1.29, 1.82) is 5.41 Å². The fraction of sp³-hybridized carbons (Fsp3) is 0.889. The number of amidine groups is 1. The molecule has 0 heterocycles. The monoisotopic (exact) mass is 186 g/mol. The molecule has 1 saturated carbocycles. The molecule has 70 valence electrons. The van der Waals surface area contributed by atoms with Gasteiger partial charge in [0.25, 0.3) is 0 Å². The summed E-state index contributed by atoms with van der Waals surface area (Å²) < 4.78 is 0. The van der Waals surface area contributed by atoms with Crippen LogP contribution in [0.15, 0.2) is 0 Å². The van der Waals surface area contributed by atoms with Gasteiger partial charge in [-0.1, -0.05) is 19.8 Å². The third-order valence-electron chi connectivity index (χ3n) is 2.42. The van der Waals surface area contributed by atoms with Crippen LogP contribution >= 0.6 is 11.8 Å². The predicted molar refractivity (Wildman–Crippen MR) is 55.8 cm³/mol. The molecule has 2 nitrogen and oxygen atoms in total. The number of rotatable bonds is 4. The van der Waals surface area contributed by atoms with Gasteiger partial charge in [-0.2, -0.15) is 11.8 Å². The molecule has 0 spiro atoms. The molecule has 0 bridgehead atoms. The molecule has 0 aromatic heterocycles. The summed E-state index contributed by atoms with van der Waals surface area (Å²) in [5.74, 6) is 1.62. The number of nitrogens with two attached hydrogens (primary N) is 1. The highest BCUT2D eigenvalue weighted by molar-refractivity contribution is 7.99. The fourth-order valence-electron chi connectivity index (χ4n) is 1.43. The maximum Gasteiger partial charge on any atom is 0.0942 e. The van der Waals surface area contributed by atoms with Crippen molar-refractivity contribution in [3.8, 4) is 0 Å². The third-order valence-corrected chi connectivity index (χ3v) is 4.05. The van der Waals surface area contributed by atoms with Gasteiger partial charge in [-0.25, -0.2) is 0 Å². The molecule has 1 aliphatic rings. The predicted octanol–water partition coefficient (Wildman–Crippen LogP) is 2.23. The molecule has 1 rings (SSSR count). The van der Waals surface area contributed by atoms with Gasteiger partial charge in [0.2, 0.25) is 0 Å². The summed E-state index contributed by atoms with van der Waals surface area (Å²) in [7, 11) is 0. The van der Waals surface area contributed by atoms with E-state index in [0.717, 1.165) is 11.0 Å². The summed E-state index contributed by atoms with van der Waals surface area (Å²) in [6.45, 7) is 2.03. The Hall–Kier alpha value is -0.180. The molecule has 3 N–H and O–H groups in total. The van der Waals surface area contributed by atoms with Gasteiger partial charge >= 0.3 is 0 Å². The smallest absolute Gasteiger partial charge is 0.0942 e. The molecule has 12 heavy (non-hydrogen) atoms. The van der Waals surface area contributed by atoms with Gasteiger partial charge in [-0.05, 0) is 12.8 Å². The van der Waals surface area contributed by atoms with Gasteiger partial charge in [-0.3, -0.25) is 5.41 Å². The van der Waals surface area contributed by atoms with E-state index in [4.69, 9.17) is 11.1 Å². The first-order chi connectivity index (χ1) is 5.70. The fourth-order valence-corrected chi connectivity index (χ4v) is 2.83. The summed E-state index contributed by atoms with van der Waals surface area (Å²) in [6.07, 6.45) is 5.53. The van der Waals surface area contributed by atoms with Crippen molar-refractivity contribution in [2.45, 2.75) is 37.9 Å². The highest BCUT2D eigenvalue weighted by atomic mass is 32.2. The van der Waals surface area contributed by atoms with E-state index < -0.39 is 0 Å². The van der Waals surface area contributed by atoms with E-state index in [2.05, 4.69) is 0 Å². The second kappa shape index (κ2) is 4.75. The molecule has 0 aliphatic heterocycles. The van der Waals surface area contributed by atoms with Crippen molar-refractivity contribution < 1.29 is 0 Å². The van der Waals surface area contributed by atoms with Gasteiger partial charge in [-0.15, -0.1) is 0 Å². The van der Waals surface area contributed by atoms with Crippen LogP contribution in [0.1, 0.15) is 32.6 Å². The van der Waals surface area contributed by atoms with E-state index in [0.29, 0.717) is 5.84 Å². The van der Waals surface area contributed by atoms with E-state index in [9.17, 15) is 0 Å². The van der Waals surface area contributed by atoms with Crippen LogP contribution in [0.25, 0.3) is 0 Å². The van der Waals surface area contributed by atoms with Crippen molar-refractivity contribution >= 4 is 17.6 Å². The standard InChI is InChI=1S/C9H18N2S/c1-7(9(10)11)6-12-8-4-2-3-5-8/h7-8H,2-6H2,1H3,(H3,10,11). The van der Waals surface area contributed by atoms with E-state index in [1.165, 1.54) is 25.7 Å². The molecular formula is C9H18N2S. The van der Waals surface area contributed by atoms with Crippen molar-refractivity contribution in [3.05, 3.63) is 0 Å². The average molecular weight is 186 g/mol. The Morgan fingerprint density at radius 1 is 1.58 bits per heavy atom. The summed E-state index contributed by atoms with van der Waals surface area (Å²) in [5, 5.41) is 8.09. The zero-order valence-electron chi connectivity index (χ0n) is 7.68. The Morgan fingerprint density at radius 3 is 2.67 bits per heavy atom. The van der Waals surface area contributed by atoms with Crippen LogP contribution in [0.2, 0.25) is 0 Å². The minimum absolute atomic E-state index is 0.260. The Bertz CT molecular complexity index is 153. The summed E-state index contributed by atoms with van der Waals surface area (Å²) in [4.78, 5) is 0. The van der Waals surface area contributed by atoms with Gasteiger partial charge < -0.3 is 5.73 Å². The number of hydrogen-bond acceptors (Lipinski definition) is 2. The van der Waals surface area contributed by atoms with E-state index >= 15 is 0 Å². The zero-order chi connectivity index (χ0) is 8.97. The first-order valence-electron chi connectivity index (χ1n) is 4.65. The molecule has 0 aromatic carbocycles. The summed E-state index contributed by atoms with van der Waals surface area (Å²) in [6, 6.07) is 0. The largest absolute Gasteiger partial charge is 0.387 e. The van der Waals surface area contributed by atoms with Crippen molar-refractivity contribution in [2.24, 2.45) is 11.7 Å². The number of thioether (sulfide) groups is 1. The zero-order valence-corrected chi connectivity index (χ0v) is 8.49. The molecule has 0 radical (unpaired) electrons. The van der Waals surface area contributed by atoms with E-state index in [1.807, 2.05) is 18.7 Å². The van der Waals surface area contributed by atoms with Crippen LogP contribution in [0, 0.1) is 11.3 Å². The number of nitrogens with one attached hydrogen (secondary N) is 1. The van der Waals surface area contributed by atoms with Crippen molar-refractivity contribution in [1.82, 2.24) is 0 Å². The van der Waals surface area contributed by atoms with Crippen LogP contribution in [0.4, 0.5) is 0 Å². The topological polar surface area (TPSA) is 49.9 Å². The molecule has 0 amide bonds. The van der Waals surface area contributed by atoms with Crippen molar-refractivity contribution in [3.63, 3.8) is 0 Å². The normalized spacial score (nSPS) is 21.1. The number of hydrogen-bond donors (Lipinski definition) is 2. The molecule has 1 atom stereocenters. The van der Waals surface area contributed by atoms with E-state index in [1.54, 1.807) is 0 Å². The Kier molecular flexibility index (Phi) is 3.92. The van der Waals surface area contributed by atoms with Crippen molar-refractivity contribution in [2.75, 3.05) is 5.75 Å². The molecule has 1 aliphatic carbocycles. The van der Waals surface area contributed by atoms with E-state index in [-0.39, 0.29) is 5.92 Å². The maximum absolute atomic E-state index is 7.24. The van der Waals surface area contributed by atoms with Crippen LogP contribution in [0.5, 0.6) is 0 Å².